The topological polar surface area (TPSA) is 52.0 Å². The van der Waals surface area contributed by atoms with Crippen molar-refractivity contribution in [1.29, 1.82) is 0 Å². The lowest BCUT2D eigenvalue weighted by Gasteiger charge is -2.07. The van der Waals surface area contributed by atoms with Gasteiger partial charge in [0, 0.05) is 25.5 Å². The fraction of sp³-hybridized carbons (Fsp3) is 0. The van der Waals surface area contributed by atoms with Gasteiger partial charge in [0.25, 0.3) is 0 Å². The van der Waals surface area contributed by atoms with Gasteiger partial charge in [0.1, 0.15) is 0 Å². The highest BCUT2D eigenvalue weighted by molar-refractivity contribution is 9.13. The van der Waals surface area contributed by atoms with Gasteiger partial charge in [-0.1, -0.05) is 18.2 Å². The van der Waals surface area contributed by atoms with Crippen LogP contribution >= 0.6 is 31.9 Å². The molecule has 2 nitrogen and oxygen atoms in total. The third kappa shape index (κ3) is 1.11. The smallest absolute Gasteiger partial charge is 0.0634 e. The van der Waals surface area contributed by atoms with E-state index in [-0.39, 0.29) is 0 Å². The Morgan fingerprint density at radius 3 is 2.38 bits per heavy atom. The first-order chi connectivity index (χ1) is 7.61. The van der Waals surface area contributed by atoms with Crippen LogP contribution in [0.2, 0.25) is 0 Å². The van der Waals surface area contributed by atoms with Crippen molar-refractivity contribution in [3.05, 3.63) is 44.3 Å². The van der Waals surface area contributed by atoms with Crippen LogP contribution in [-0.2, 0) is 0 Å². The summed E-state index contributed by atoms with van der Waals surface area (Å²) in [4.78, 5) is 0. The summed E-state index contributed by atoms with van der Waals surface area (Å²) in [5, 5.41) is 2.26. The molecule has 0 saturated carbocycles. The standard InChI is InChI=1S/C12H8Br2N2/c13-8-4-7-9-5(10(8)14)2-1-3-6(9)11(15)12(7)16/h1-4H,15-16H2. The van der Waals surface area contributed by atoms with Crippen molar-refractivity contribution in [2.24, 2.45) is 11.5 Å². The van der Waals surface area contributed by atoms with Crippen LogP contribution in [0.4, 0.5) is 0 Å². The fourth-order valence-electron chi connectivity index (χ4n) is 2.14. The maximum atomic E-state index is 6.02. The molecule has 0 radical (unpaired) electrons. The predicted octanol–water partition coefficient (Wildman–Crippen LogP) is 3.42. The maximum absolute atomic E-state index is 6.02. The van der Waals surface area contributed by atoms with E-state index in [0.717, 1.165) is 30.8 Å². The quantitative estimate of drug-likeness (QED) is 0.772. The van der Waals surface area contributed by atoms with E-state index in [9.17, 15) is 0 Å². The summed E-state index contributed by atoms with van der Waals surface area (Å²) in [5.74, 6) is 0. The number of benzene rings is 2. The van der Waals surface area contributed by atoms with Crippen LogP contribution < -0.4 is 11.5 Å². The van der Waals surface area contributed by atoms with E-state index in [4.69, 9.17) is 11.5 Å². The monoisotopic (exact) mass is 338 g/mol. The molecule has 4 N–H and O–H groups in total. The first-order valence-electron chi connectivity index (χ1n) is 4.78. The van der Waals surface area contributed by atoms with E-state index in [1.54, 1.807) is 0 Å². The van der Waals surface area contributed by atoms with Gasteiger partial charge in [0.15, 0.2) is 0 Å². The van der Waals surface area contributed by atoms with Crippen LogP contribution in [0.3, 0.4) is 0 Å². The number of hydrogen-bond donors (Lipinski definition) is 2. The van der Waals surface area contributed by atoms with Crippen LogP contribution in [0.25, 0.3) is 22.2 Å². The van der Waals surface area contributed by atoms with Gasteiger partial charge in [-0.25, -0.2) is 0 Å². The molecule has 3 rings (SSSR count). The minimum absolute atomic E-state index is 0.666. The SMILES string of the molecule is NC1=C(N)c2cc(Br)c(Br)c3cccc1c23. The molecule has 80 valence electrons. The first kappa shape index (κ1) is 10.2. The Morgan fingerprint density at radius 2 is 1.62 bits per heavy atom. The lowest BCUT2D eigenvalue weighted by molar-refractivity contribution is 1.53. The van der Waals surface area contributed by atoms with Crippen LogP contribution in [0.1, 0.15) is 11.1 Å². The Balaban J connectivity index is 2.60. The third-order valence-corrected chi connectivity index (χ3v) is 4.93. The van der Waals surface area contributed by atoms with Crippen LogP contribution in [0.15, 0.2) is 33.2 Å². The first-order valence-corrected chi connectivity index (χ1v) is 6.36. The molecule has 0 fully saturated rings. The highest BCUT2D eigenvalue weighted by Gasteiger charge is 2.22. The summed E-state index contributed by atoms with van der Waals surface area (Å²) in [6.45, 7) is 0. The summed E-state index contributed by atoms with van der Waals surface area (Å²) in [6.07, 6.45) is 0. The molecule has 0 bridgehead atoms. The van der Waals surface area contributed by atoms with Crippen molar-refractivity contribution in [1.82, 2.24) is 0 Å². The number of hydrogen-bond acceptors (Lipinski definition) is 2. The zero-order valence-corrected chi connectivity index (χ0v) is 11.4. The molecule has 0 amide bonds. The molecule has 2 aromatic rings. The lowest BCUT2D eigenvalue weighted by Crippen LogP contribution is -2.01. The fourth-order valence-corrected chi connectivity index (χ4v) is 3.03. The van der Waals surface area contributed by atoms with Crippen LogP contribution in [0, 0.1) is 0 Å². The molecule has 4 heteroatoms. The Morgan fingerprint density at radius 1 is 0.938 bits per heavy atom. The highest BCUT2D eigenvalue weighted by atomic mass is 79.9. The van der Waals surface area contributed by atoms with Gasteiger partial charge in [-0.15, -0.1) is 0 Å². The maximum Gasteiger partial charge on any atom is 0.0634 e. The minimum Gasteiger partial charge on any atom is -0.397 e. The molecule has 2 aromatic carbocycles. The molecule has 0 heterocycles. The summed E-state index contributed by atoms with van der Waals surface area (Å²) < 4.78 is 2.03. The van der Waals surface area contributed by atoms with E-state index in [1.807, 2.05) is 18.2 Å². The zero-order valence-electron chi connectivity index (χ0n) is 8.22. The molecule has 1 aliphatic rings. The van der Waals surface area contributed by atoms with Gasteiger partial charge in [-0.3, -0.25) is 0 Å². The van der Waals surface area contributed by atoms with E-state index >= 15 is 0 Å². The number of rotatable bonds is 0. The van der Waals surface area contributed by atoms with Crippen molar-refractivity contribution in [3.63, 3.8) is 0 Å². The average Bonchev–Trinajstić information content (AvgIpc) is 2.53. The molecular formula is C12H8Br2N2. The van der Waals surface area contributed by atoms with E-state index in [1.165, 1.54) is 0 Å². The van der Waals surface area contributed by atoms with Crippen LogP contribution in [-0.4, -0.2) is 0 Å². The van der Waals surface area contributed by atoms with Gasteiger partial charge in [0.05, 0.1) is 11.4 Å². The van der Waals surface area contributed by atoms with E-state index in [0.29, 0.717) is 11.4 Å². The molecule has 0 atom stereocenters. The molecular weight excluding hydrogens is 332 g/mol. The van der Waals surface area contributed by atoms with E-state index in [2.05, 4.69) is 37.9 Å². The summed E-state index contributed by atoms with van der Waals surface area (Å²) in [7, 11) is 0. The Labute approximate surface area is 110 Å². The van der Waals surface area contributed by atoms with Gasteiger partial charge < -0.3 is 11.5 Å². The second kappa shape index (κ2) is 3.25. The van der Waals surface area contributed by atoms with Crippen molar-refractivity contribution in [2.75, 3.05) is 0 Å². The second-order valence-corrected chi connectivity index (χ2v) is 5.42. The molecule has 0 aromatic heterocycles. The van der Waals surface area contributed by atoms with Gasteiger partial charge in [0.2, 0.25) is 0 Å². The Bertz CT molecular complexity index is 660. The normalized spacial score (nSPS) is 13.9. The zero-order chi connectivity index (χ0) is 11.4. The predicted molar refractivity (Wildman–Crippen MR) is 74.5 cm³/mol. The van der Waals surface area contributed by atoms with Crippen molar-refractivity contribution in [2.45, 2.75) is 0 Å². The number of nitrogens with two attached hydrogens (primary N) is 2. The van der Waals surface area contributed by atoms with Crippen molar-refractivity contribution < 1.29 is 0 Å². The lowest BCUT2D eigenvalue weighted by atomic mass is 10.0. The largest absolute Gasteiger partial charge is 0.397 e. The second-order valence-electron chi connectivity index (χ2n) is 3.78. The average molecular weight is 340 g/mol. The highest BCUT2D eigenvalue weighted by Crippen LogP contribution is 2.43. The Hall–Kier alpha value is -1.00. The van der Waals surface area contributed by atoms with Gasteiger partial charge in [-0.05, 0) is 43.3 Å². The summed E-state index contributed by atoms with van der Waals surface area (Å²) >= 11 is 7.08. The molecule has 0 aliphatic heterocycles. The minimum atomic E-state index is 0.666. The molecule has 1 aliphatic carbocycles. The molecule has 0 unspecified atom stereocenters. The van der Waals surface area contributed by atoms with Gasteiger partial charge >= 0.3 is 0 Å². The third-order valence-electron chi connectivity index (χ3n) is 2.92. The van der Waals surface area contributed by atoms with Crippen molar-refractivity contribution in [3.8, 4) is 0 Å². The molecule has 0 saturated heterocycles. The molecule has 0 spiro atoms. The van der Waals surface area contributed by atoms with E-state index < -0.39 is 0 Å². The number of halogens is 2. The van der Waals surface area contributed by atoms with Gasteiger partial charge in [-0.2, -0.15) is 0 Å². The summed E-state index contributed by atoms with van der Waals surface area (Å²) in [6, 6.07) is 8.06. The Kier molecular flexibility index (Phi) is 2.06. The summed E-state index contributed by atoms with van der Waals surface area (Å²) in [5.41, 5.74) is 15.4. The van der Waals surface area contributed by atoms with Crippen molar-refractivity contribution >= 4 is 54.0 Å². The molecule has 16 heavy (non-hydrogen) atoms. The van der Waals surface area contributed by atoms with Crippen LogP contribution in [0.5, 0.6) is 0 Å².